The Hall–Kier alpha value is -2.73. The molecule has 2 N–H and O–H groups in total. The van der Waals surface area contributed by atoms with Crippen LogP contribution >= 0.6 is 11.3 Å². The van der Waals surface area contributed by atoms with E-state index in [1.54, 1.807) is 11.3 Å². The lowest BCUT2D eigenvalue weighted by Crippen LogP contribution is -2.41. The Morgan fingerprint density at radius 1 is 1.10 bits per heavy atom. The van der Waals surface area contributed by atoms with Crippen LogP contribution in [0, 0.1) is 11.3 Å². The fourth-order valence-corrected chi connectivity index (χ4v) is 5.02. The van der Waals surface area contributed by atoms with E-state index in [1.165, 1.54) is 0 Å². The Bertz CT molecular complexity index is 1050. The summed E-state index contributed by atoms with van der Waals surface area (Å²) in [5, 5.41) is 7.11. The van der Waals surface area contributed by atoms with E-state index in [-0.39, 0.29) is 17.7 Å². The number of anilines is 1. The molecular weight excluding hydrogens is 406 g/mol. The second-order valence-electron chi connectivity index (χ2n) is 8.39. The van der Waals surface area contributed by atoms with Crippen LogP contribution in [-0.2, 0) is 22.6 Å². The molecule has 0 atom stereocenters. The normalized spacial score (nSPS) is 13.9. The first-order chi connectivity index (χ1) is 15.0. The fraction of sp³-hybridized carbons (Fsp3) is 0.400. The number of hydrogen-bond donors (Lipinski definition) is 2. The zero-order valence-corrected chi connectivity index (χ0v) is 18.9. The SMILES string of the molecule is CCC(CC)(Cc1nc2ccccc2s1)C(=O)NCc1cccc(NC(=O)C2CC2)c1. The smallest absolute Gasteiger partial charge is 0.227 e. The lowest BCUT2D eigenvalue weighted by atomic mass is 9.78. The third-order valence-electron chi connectivity index (χ3n) is 6.26. The van der Waals surface area contributed by atoms with Crippen molar-refractivity contribution in [2.45, 2.75) is 52.5 Å². The predicted octanol–water partition coefficient (Wildman–Crippen LogP) is 5.31. The van der Waals surface area contributed by atoms with Gasteiger partial charge < -0.3 is 10.6 Å². The first-order valence-corrected chi connectivity index (χ1v) is 11.9. The molecule has 1 fully saturated rings. The predicted molar refractivity (Wildman–Crippen MR) is 126 cm³/mol. The van der Waals surface area contributed by atoms with E-state index < -0.39 is 5.41 Å². The molecule has 31 heavy (non-hydrogen) atoms. The van der Waals surface area contributed by atoms with E-state index in [4.69, 9.17) is 4.98 Å². The highest BCUT2D eigenvalue weighted by Crippen LogP contribution is 2.34. The molecule has 1 saturated carbocycles. The monoisotopic (exact) mass is 435 g/mol. The van der Waals surface area contributed by atoms with Gasteiger partial charge in [0.25, 0.3) is 0 Å². The number of thiazole rings is 1. The Kier molecular flexibility index (Phi) is 6.37. The quantitative estimate of drug-likeness (QED) is 0.478. The van der Waals surface area contributed by atoms with Crippen LogP contribution in [0.2, 0.25) is 0 Å². The molecule has 3 aromatic rings. The van der Waals surface area contributed by atoms with Crippen LogP contribution in [0.1, 0.15) is 50.1 Å². The summed E-state index contributed by atoms with van der Waals surface area (Å²) in [4.78, 5) is 30.0. The molecule has 4 rings (SSSR count). The van der Waals surface area contributed by atoms with E-state index in [1.807, 2.05) is 42.5 Å². The number of benzene rings is 2. The number of hydrogen-bond acceptors (Lipinski definition) is 4. The summed E-state index contributed by atoms with van der Waals surface area (Å²) in [7, 11) is 0. The van der Waals surface area contributed by atoms with Gasteiger partial charge in [0, 0.05) is 24.6 Å². The summed E-state index contributed by atoms with van der Waals surface area (Å²) in [5.41, 5.74) is 2.28. The van der Waals surface area contributed by atoms with Gasteiger partial charge in [0.2, 0.25) is 11.8 Å². The first kappa shape index (κ1) is 21.5. The number of amides is 2. The van der Waals surface area contributed by atoms with Gasteiger partial charge in [-0.2, -0.15) is 0 Å². The highest BCUT2D eigenvalue weighted by atomic mass is 32.1. The number of para-hydroxylation sites is 1. The summed E-state index contributed by atoms with van der Waals surface area (Å²) < 4.78 is 1.16. The summed E-state index contributed by atoms with van der Waals surface area (Å²) in [6.07, 6.45) is 4.10. The van der Waals surface area contributed by atoms with Crippen molar-refractivity contribution in [1.82, 2.24) is 10.3 Å². The fourth-order valence-electron chi connectivity index (χ4n) is 3.91. The van der Waals surface area contributed by atoms with Crippen molar-refractivity contribution in [3.05, 3.63) is 59.1 Å². The summed E-state index contributed by atoms with van der Waals surface area (Å²) in [5.74, 6) is 0.317. The maximum Gasteiger partial charge on any atom is 0.227 e. The Balaban J connectivity index is 1.42. The zero-order chi connectivity index (χ0) is 21.8. The Morgan fingerprint density at radius 2 is 1.87 bits per heavy atom. The van der Waals surface area contributed by atoms with Crippen molar-refractivity contribution in [2.24, 2.45) is 11.3 Å². The lowest BCUT2D eigenvalue weighted by molar-refractivity contribution is -0.131. The van der Waals surface area contributed by atoms with Crippen molar-refractivity contribution in [3.8, 4) is 0 Å². The molecule has 0 bridgehead atoms. The Morgan fingerprint density at radius 3 is 2.58 bits per heavy atom. The molecule has 2 amide bonds. The molecule has 1 aliphatic rings. The van der Waals surface area contributed by atoms with Crippen LogP contribution in [0.5, 0.6) is 0 Å². The van der Waals surface area contributed by atoms with Crippen molar-refractivity contribution < 1.29 is 9.59 Å². The molecule has 5 nitrogen and oxygen atoms in total. The second-order valence-corrected chi connectivity index (χ2v) is 9.50. The standard InChI is InChI=1S/C25H29N3O2S/c1-3-25(4-2,15-22-28-20-10-5-6-11-21(20)31-22)24(30)26-16-17-8-7-9-19(14-17)27-23(29)18-12-13-18/h5-11,14,18H,3-4,12-13,15-16H2,1-2H3,(H,26,30)(H,27,29). The van der Waals surface area contributed by atoms with E-state index in [2.05, 4.69) is 30.5 Å². The lowest BCUT2D eigenvalue weighted by Gasteiger charge is -2.29. The largest absolute Gasteiger partial charge is 0.352 e. The van der Waals surface area contributed by atoms with E-state index in [0.717, 1.165) is 52.2 Å². The maximum absolute atomic E-state index is 13.3. The van der Waals surface area contributed by atoms with Gasteiger partial charge in [-0.05, 0) is 55.5 Å². The molecule has 0 saturated heterocycles. The van der Waals surface area contributed by atoms with Gasteiger partial charge in [-0.25, -0.2) is 4.98 Å². The number of fused-ring (bicyclic) bond motifs is 1. The van der Waals surface area contributed by atoms with E-state index in [9.17, 15) is 9.59 Å². The molecule has 1 aliphatic carbocycles. The van der Waals surface area contributed by atoms with Gasteiger partial charge in [-0.3, -0.25) is 9.59 Å². The van der Waals surface area contributed by atoms with Gasteiger partial charge in [0.15, 0.2) is 0 Å². The highest BCUT2D eigenvalue weighted by molar-refractivity contribution is 7.18. The summed E-state index contributed by atoms with van der Waals surface area (Å²) in [6, 6.07) is 15.8. The number of nitrogens with zero attached hydrogens (tertiary/aromatic N) is 1. The van der Waals surface area contributed by atoms with Crippen LogP contribution in [-0.4, -0.2) is 16.8 Å². The van der Waals surface area contributed by atoms with Gasteiger partial charge >= 0.3 is 0 Å². The molecule has 6 heteroatoms. The van der Waals surface area contributed by atoms with Gasteiger partial charge in [0.05, 0.1) is 20.6 Å². The van der Waals surface area contributed by atoms with Crippen LogP contribution < -0.4 is 10.6 Å². The van der Waals surface area contributed by atoms with Crippen molar-refractivity contribution in [3.63, 3.8) is 0 Å². The van der Waals surface area contributed by atoms with Crippen molar-refractivity contribution in [1.29, 1.82) is 0 Å². The maximum atomic E-state index is 13.3. The number of carbonyl (C=O) groups excluding carboxylic acids is 2. The third kappa shape index (κ3) is 4.96. The van der Waals surface area contributed by atoms with Crippen molar-refractivity contribution in [2.75, 3.05) is 5.32 Å². The molecule has 1 aromatic heterocycles. The molecule has 0 unspecified atom stereocenters. The van der Waals surface area contributed by atoms with Crippen LogP contribution in [0.3, 0.4) is 0 Å². The van der Waals surface area contributed by atoms with Gasteiger partial charge in [-0.1, -0.05) is 38.1 Å². The van der Waals surface area contributed by atoms with E-state index >= 15 is 0 Å². The highest BCUT2D eigenvalue weighted by Gasteiger charge is 2.36. The number of carbonyl (C=O) groups is 2. The minimum atomic E-state index is -0.480. The molecule has 162 valence electrons. The van der Waals surface area contributed by atoms with E-state index in [0.29, 0.717) is 13.0 Å². The minimum absolute atomic E-state index is 0.0594. The molecule has 2 aromatic carbocycles. The number of nitrogens with one attached hydrogen (secondary N) is 2. The second kappa shape index (κ2) is 9.18. The summed E-state index contributed by atoms with van der Waals surface area (Å²) >= 11 is 1.67. The molecule has 1 heterocycles. The third-order valence-corrected chi connectivity index (χ3v) is 7.30. The van der Waals surface area contributed by atoms with Gasteiger partial charge in [-0.15, -0.1) is 11.3 Å². The molecule has 0 spiro atoms. The average Bonchev–Trinajstić information content (AvgIpc) is 3.56. The van der Waals surface area contributed by atoms with Gasteiger partial charge in [0.1, 0.15) is 0 Å². The summed E-state index contributed by atoms with van der Waals surface area (Å²) in [6.45, 7) is 4.59. The number of aromatic nitrogens is 1. The molecule has 0 aliphatic heterocycles. The topological polar surface area (TPSA) is 71.1 Å². The molecular formula is C25H29N3O2S. The number of rotatable bonds is 9. The van der Waals surface area contributed by atoms with Crippen LogP contribution in [0.15, 0.2) is 48.5 Å². The first-order valence-electron chi connectivity index (χ1n) is 11.1. The average molecular weight is 436 g/mol. The van der Waals surface area contributed by atoms with Crippen LogP contribution in [0.4, 0.5) is 5.69 Å². The van der Waals surface area contributed by atoms with Crippen molar-refractivity contribution >= 4 is 39.1 Å². The van der Waals surface area contributed by atoms with Crippen LogP contribution in [0.25, 0.3) is 10.2 Å². The zero-order valence-electron chi connectivity index (χ0n) is 18.1. The minimum Gasteiger partial charge on any atom is -0.352 e. The molecule has 0 radical (unpaired) electrons. The Labute approximate surface area is 187 Å².